The number of hydrogen-bond acceptors (Lipinski definition) is 7. The summed E-state index contributed by atoms with van der Waals surface area (Å²) in [5, 5.41) is 14.7. The van der Waals surface area contributed by atoms with Crippen molar-refractivity contribution < 1.29 is 13.3 Å². The second-order valence-electron chi connectivity index (χ2n) is 5.37. The van der Waals surface area contributed by atoms with E-state index in [2.05, 4.69) is 30.8 Å². The summed E-state index contributed by atoms with van der Waals surface area (Å²) in [5.74, 6) is 0.207. The first kappa shape index (κ1) is 14.8. The van der Waals surface area contributed by atoms with Crippen LogP contribution in [0.25, 0.3) is 23.0 Å². The molecule has 8 nitrogen and oxygen atoms in total. The van der Waals surface area contributed by atoms with Crippen LogP contribution in [-0.4, -0.2) is 43.2 Å². The molecule has 1 fully saturated rings. The van der Waals surface area contributed by atoms with E-state index in [9.17, 15) is 8.78 Å². The summed E-state index contributed by atoms with van der Waals surface area (Å²) in [6, 6.07) is 3.24. The Labute approximate surface area is 134 Å². The minimum atomic E-state index is -2.74. The molecule has 10 heteroatoms. The zero-order valence-corrected chi connectivity index (χ0v) is 12.4. The summed E-state index contributed by atoms with van der Waals surface area (Å²) >= 11 is 0. The molecule has 0 radical (unpaired) electrons. The van der Waals surface area contributed by atoms with Crippen LogP contribution in [0.15, 0.2) is 29.0 Å². The van der Waals surface area contributed by atoms with E-state index in [0.717, 1.165) is 6.54 Å². The fourth-order valence-electron chi connectivity index (χ4n) is 2.71. The molecule has 4 rings (SSSR count). The SMILES string of the molecule is FC(F)c1c(-c2nc(-c3ccncc3)no2)nnn1C1CCNC1. The van der Waals surface area contributed by atoms with Gasteiger partial charge < -0.3 is 9.84 Å². The Morgan fingerprint density at radius 2 is 2.12 bits per heavy atom. The predicted octanol–water partition coefficient (Wildman–Crippen LogP) is 1.86. The number of hydrogen-bond donors (Lipinski definition) is 1. The molecule has 0 aromatic carbocycles. The van der Waals surface area contributed by atoms with Gasteiger partial charge >= 0.3 is 0 Å². The maximum Gasteiger partial charge on any atom is 0.282 e. The van der Waals surface area contributed by atoms with Crippen LogP contribution in [0.5, 0.6) is 0 Å². The standard InChI is InChI=1S/C14H13F2N7O/c15-12(16)11-10(20-22-23(11)9-3-6-18-7-9)14-19-13(21-24-14)8-1-4-17-5-2-8/h1-2,4-5,9,12,18H,3,6-7H2. The van der Waals surface area contributed by atoms with Crippen molar-refractivity contribution in [2.75, 3.05) is 13.1 Å². The predicted molar refractivity (Wildman–Crippen MR) is 78.0 cm³/mol. The number of pyridine rings is 1. The third-order valence-electron chi connectivity index (χ3n) is 3.88. The van der Waals surface area contributed by atoms with Gasteiger partial charge in [0.1, 0.15) is 5.69 Å². The van der Waals surface area contributed by atoms with Crippen LogP contribution in [0, 0.1) is 0 Å². The Morgan fingerprint density at radius 3 is 2.83 bits per heavy atom. The van der Waals surface area contributed by atoms with E-state index in [4.69, 9.17) is 4.52 Å². The van der Waals surface area contributed by atoms with Crippen LogP contribution in [0.4, 0.5) is 8.78 Å². The summed E-state index contributed by atoms with van der Waals surface area (Å²) in [6.45, 7) is 1.34. The summed E-state index contributed by atoms with van der Waals surface area (Å²) in [4.78, 5) is 8.07. The van der Waals surface area contributed by atoms with Gasteiger partial charge in [-0.3, -0.25) is 4.98 Å². The minimum absolute atomic E-state index is 0.0747. The number of aromatic nitrogens is 6. The van der Waals surface area contributed by atoms with Crippen molar-refractivity contribution in [1.82, 2.24) is 35.4 Å². The quantitative estimate of drug-likeness (QED) is 0.778. The lowest BCUT2D eigenvalue weighted by molar-refractivity contribution is 0.136. The Kier molecular flexibility index (Phi) is 3.73. The topological polar surface area (TPSA) is 94.6 Å². The van der Waals surface area contributed by atoms with Crippen molar-refractivity contribution in [2.24, 2.45) is 0 Å². The van der Waals surface area contributed by atoms with Gasteiger partial charge in [-0.1, -0.05) is 10.4 Å². The van der Waals surface area contributed by atoms with E-state index < -0.39 is 6.43 Å². The number of nitrogens with one attached hydrogen (secondary N) is 1. The van der Waals surface area contributed by atoms with Gasteiger partial charge in [0.15, 0.2) is 5.69 Å². The Morgan fingerprint density at radius 1 is 1.29 bits per heavy atom. The van der Waals surface area contributed by atoms with Gasteiger partial charge in [0, 0.05) is 24.5 Å². The second kappa shape index (κ2) is 6.04. The van der Waals surface area contributed by atoms with Gasteiger partial charge in [0.05, 0.1) is 6.04 Å². The molecule has 0 amide bonds. The van der Waals surface area contributed by atoms with Crippen molar-refractivity contribution in [2.45, 2.75) is 18.9 Å². The van der Waals surface area contributed by atoms with Crippen molar-refractivity contribution in [3.63, 3.8) is 0 Å². The molecule has 0 bridgehead atoms. The normalized spacial score (nSPS) is 17.7. The summed E-state index contributed by atoms with van der Waals surface area (Å²) < 4.78 is 33.5. The van der Waals surface area contributed by atoms with E-state index in [1.807, 2.05) is 0 Å². The molecule has 124 valence electrons. The van der Waals surface area contributed by atoms with E-state index in [0.29, 0.717) is 18.5 Å². The zero-order valence-electron chi connectivity index (χ0n) is 12.4. The fourth-order valence-corrected chi connectivity index (χ4v) is 2.71. The Bertz CT molecular complexity index is 827. The molecule has 0 saturated carbocycles. The highest BCUT2D eigenvalue weighted by Gasteiger charge is 2.31. The minimum Gasteiger partial charge on any atom is -0.332 e. The van der Waals surface area contributed by atoms with E-state index >= 15 is 0 Å². The molecular formula is C14H13F2N7O. The van der Waals surface area contributed by atoms with Crippen molar-refractivity contribution in [1.29, 1.82) is 0 Å². The number of rotatable bonds is 4. The molecule has 3 aromatic rings. The van der Waals surface area contributed by atoms with Crippen molar-refractivity contribution in [3.05, 3.63) is 30.2 Å². The molecule has 4 heterocycles. The van der Waals surface area contributed by atoms with E-state index in [1.54, 1.807) is 24.5 Å². The first-order valence-corrected chi connectivity index (χ1v) is 7.42. The highest BCUT2D eigenvalue weighted by molar-refractivity contribution is 5.58. The lowest BCUT2D eigenvalue weighted by atomic mass is 10.2. The maximum atomic E-state index is 13.6. The Hall–Kier alpha value is -2.75. The van der Waals surface area contributed by atoms with Gasteiger partial charge in [0.2, 0.25) is 5.82 Å². The van der Waals surface area contributed by atoms with Gasteiger partial charge in [0.25, 0.3) is 12.3 Å². The van der Waals surface area contributed by atoms with Crippen LogP contribution in [0.3, 0.4) is 0 Å². The van der Waals surface area contributed by atoms with Crippen LogP contribution >= 0.6 is 0 Å². The average Bonchev–Trinajstić information content (AvgIpc) is 3.33. The smallest absolute Gasteiger partial charge is 0.282 e. The molecule has 1 aliphatic heterocycles. The molecule has 1 unspecified atom stereocenters. The van der Waals surface area contributed by atoms with Crippen LogP contribution in [0.2, 0.25) is 0 Å². The third kappa shape index (κ3) is 2.54. The summed E-state index contributed by atoms with van der Waals surface area (Å²) in [6.07, 6.45) is 1.14. The van der Waals surface area contributed by atoms with Gasteiger partial charge in [-0.25, -0.2) is 13.5 Å². The van der Waals surface area contributed by atoms with Crippen molar-refractivity contribution >= 4 is 0 Å². The van der Waals surface area contributed by atoms with Crippen LogP contribution < -0.4 is 5.32 Å². The molecule has 24 heavy (non-hydrogen) atoms. The summed E-state index contributed by atoms with van der Waals surface area (Å²) in [7, 11) is 0. The van der Waals surface area contributed by atoms with E-state index in [1.165, 1.54) is 4.68 Å². The van der Waals surface area contributed by atoms with E-state index in [-0.39, 0.29) is 29.1 Å². The molecule has 3 aromatic heterocycles. The van der Waals surface area contributed by atoms with Gasteiger partial charge in [-0.2, -0.15) is 4.98 Å². The highest BCUT2D eigenvalue weighted by atomic mass is 19.3. The molecule has 0 aliphatic carbocycles. The largest absolute Gasteiger partial charge is 0.332 e. The Balaban J connectivity index is 1.73. The number of alkyl halides is 2. The maximum absolute atomic E-state index is 13.6. The third-order valence-corrected chi connectivity index (χ3v) is 3.88. The highest BCUT2D eigenvalue weighted by Crippen LogP contribution is 2.32. The molecule has 1 N–H and O–H groups in total. The van der Waals surface area contributed by atoms with Gasteiger partial charge in [-0.15, -0.1) is 5.10 Å². The fraction of sp³-hybridized carbons (Fsp3) is 0.357. The lowest BCUT2D eigenvalue weighted by Crippen LogP contribution is -2.17. The molecule has 1 atom stereocenters. The van der Waals surface area contributed by atoms with Crippen LogP contribution in [0.1, 0.15) is 24.6 Å². The number of halogens is 2. The second-order valence-corrected chi connectivity index (χ2v) is 5.37. The molecular weight excluding hydrogens is 320 g/mol. The van der Waals surface area contributed by atoms with Crippen molar-refractivity contribution in [3.8, 4) is 23.0 Å². The number of nitrogens with zero attached hydrogens (tertiary/aromatic N) is 6. The molecule has 1 aliphatic rings. The first-order chi connectivity index (χ1) is 11.7. The first-order valence-electron chi connectivity index (χ1n) is 7.42. The molecule has 0 spiro atoms. The van der Waals surface area contributed by atoms with Gasteiger partial charge in [-0.05, 0) is 25.1 Å². The monoisotopic (exact) mass is 333 g/mol. The zero-order chi connectivity index (χ0) is 16.5. The lowest BCUT2D eigenvalue weighted by Gasteiger charge is -2.11. The van der Waals surface area contributed by atoms with Crippen LogP contribution in [-0.2, 0) is 0 Å². The summed E-state index contributed by atoms with van der Waals surface area (Å²) in [5.41, 5.74) is 0.296. The molecule has 1 saturated heterocycles. The average molecular weight is 333 g/mol.